The van der Waals surface area contributed by atoms with Crippen molar-refractivity contribution in [3.8, 4) is 22.6 Å². The molecule has 9 heteroatoms. The Morgan fingerprint density at radius 2 is 1.83 bits per heavy atom. The Balaban J connectivity index is 1.22. The van der Waals surface area contributed by atoms with E-state index < -0.39 is 0 Å². The maximum Gasteiger partial charge on any atom is 0.161 e. The van der Waals surface area contributed by atoms with E-state index in [-0.39, 0.29) is 5.82 Å². The van der Waals surface area contributed by atoms with Crippen molar-refractivity contribution in [2.75, 3.05) is 18.4 Å². The van der Waals surface area contributed by atoms with Crippen molar-refractivity contribution in [3.05, 3.63) is 101 Å². The summed E-state index contributed by atoms with van der Waals surface area (Å²) in [4.78, 5) is 15.1. The first kappa shape index (κ1) is 26.2. The first-order valence-electron chi connectivity index (χ1n) is 14.5. The Labute approximate surface area is 243 Å². The second-order valence-electron chi connectivity index (χ2n) is 11.0. The third-order valence-corrected chi connectivity index (χ3v) is 8.02. The van der Waals surface area contributed by atoms with Gasteiger partial charge in [-0.25, -0.2) is 9.37 Å². The largest absolute Gasteiger partial charge is 0.370 e. The summed E-state index contributed by atoms with van der Waals surface area (Å²) in [5, 5.41) is 14.7. The van der Waals surface area contributed by atoms with Crippen molar-refractivity contribution in [1.82, 2.24) is 35.4 Å². The summed E-state index contributed by atoms with van der Waals surface area (Å²) in [5.74, 6) is 0.887. The van der Waals surface area contributed by atoms with Crippen LogP contribution in [0.5, 0.6) is 0 Å². The summed E-state index contributed by atoms with van der Waals surface area (Å²) in [6.07, 6.45) is 13.1. The third-order valence-electron chi connectivity index (χ3n) is 8.02. The predicted molar refractivity (Wildman–Crippen MR) is 165 cm³/mol. The third kappa shape index (κ3) is 4.96. The molecule has 0 unspecified atom stereocenters. The summed E-state index contributed by atoms with van der Waals surface area (Å²) in [5.41, 5.74) is 7.32. The Bertz CT molecular complexity index is 1790. The molecule has 0 saturated carbocycles. The fourth-order valence-electron chi connectivity index (χ4n) is 5.99. The van der Waals surface area contributed by atoms with Gasteiger partial charge in [-0.3, -0.25) is 10.1 Å². The lowest BCUT2D eigenvalue weighted by atomic mass is 9.97. The summed E-state index contributed by atoms with van der Waals surface area (Å²) in [7, 11) is 0. The van der Waals surface area contributed by atoms with Gasteiger partial charge in [-0.15, -0.1) is 0 Å². The maximum atomic E-state index is 16.5. The van der Waals surface area contributed by atoms with E-state index in [1.807, 2.05) is 55.7 Å². The number of hydrogen-bond acceptors (Lipinski definition) is 6. The molecule has 0 spiro atoms. The average molecular weight is 561 g/mol. The standard InChI is InChI=1S/C33H33FN8/c1-21-15-25-28(29(34)27(21)24-16-23(19-36-20-24)18-35-17-22-9-4-2-5-10-22)31(41-40-25)33-38-30-26(42-13-6-3-7-14-42)11-8-12-37-32(30)39-33/h2,4-5,8-12,15-16,19-20,35,37H,3,6-7,13-14,17-18H2,1H3,(H,38,39)(H,40,41). The van der Waals surface area contributed by atoms with Crippen molar-refractivity contribution in [1.29, 1.82) is 0 Å². The van der Waals surface area contributed by atoms with Crippen LogP contribution in [0.3, 0.4) is 0 Å². The fourth-order valence-corrected chi connectivity index (χ4v) is 5.99. The molecule has 2 aliphatic heterocycles. The molecule has 7 rings (SSSR count). The molecule has 5 aromatic rings. The van der Waals surface area contributed by atoms with E-state index in [0.717, 1.165) is 47.7 Å². The fraction of sp³-hybridized carbons (Fsp3) is 0.242. The van der Waals surface area contributed by atoms with Crippen LogP contribution in [-0.2, 0) is 13.1 Å². The van der Waals surface area contributed by atoms with E-state index in [1.54, 1.807) is 6.20 Å². The molecule has 212 valence electrons. The number of nitrogens with one attached hydrogen (secondary N) is 4. The van der Waals surface area contributed by atoms with Gasteiger partial charge in [0.05, 0.1) is 16.6 Å². The van der Waals surface area contributed by atoms with Gasteiger partial charge in [-0.2, -0.15) is 5.10 Å². The lowest BCUT2D eigenvalue weighted by molar-refractivity contribution is 0.325. The van der Waals surface area contributed by atoms with Crippen LogP contribution in [0.4, 0.5) is 10.2 Å². The quantitative estimate of drug-likeness (QED) is 0.181. The highest BCUT2D eigenvalue weighted by Crippen LogP contribution is 2.38. The van der Waals surface area contributed by atoms with E-state index in [1.165, 1.54) is 24.8 Å². The number of fused-ring (bicyclic) bond motifs is 2. The number of allylic oxidation sites excluding steroid dienone is 2. The number of pyridine rings is 1. The maximum absolute atomic E-state index is 16.5. The highest BCUT2D eigenvalue weighted by molar-refractivity contribution is 5.96. The number of aromatic nitrogens is 5. The van der Waals surface area contributed by atoms with Crippen molar-refractivity contribution in [2.24, 2.45) is 0 Å². The number of nitrogens with zero attached hydrogens (tertiary/aromatic N) is 4. The molecule has 0 aliphatic carbocycles. The van der Waals surface area contributed by atoms with Crippen LogP contribution in [0.2, 0.25) is 0 Å². The van der Waals surface area contributed by atoms with Gasteiger partial charge in [0.1, 0.15) is 17.2 Å². The van der Waals surface area contributed by atoms with Gasteiger partial charge in [0.25, 0.3) is 0 Å². The minimum Gasteiger partial charge on any atom is -0.370 e. The Morgan fingerprint density at radius 1 is 1.00 bits per heavy atom. The highest BCUT2D eigenvalue weighted by atomic mass is 19.1. The van der Waals surface area contributed by atoms with E-state index >= 15 is 4.39 Å². The molecule has 8 nitrogen and oxygen atoms in total. The smallest absolute Gasteiger partial charge is 0.161 e. The molecule has 3 aromatic heterocycles. The summed E-state index contributed by atoms with van der Waals surface area (Å²) >= 11 is 0. The van der Waals surface area contributed by atoms with Crippen molar-refractivity contribution in [3.63, 3.8) is 0 Å². The van der Waals surface area contributed by atoms with E-state index in [0.29, 0.717) is 40.3 Å². The zero-order chi connectivity index (χ0) is 28.5. The van der Waals surface area contributed by atoms with Crippen molar-refractivity contribution >= 4 is 22.4 Å². The Hall–Kier alpha value is -4.76. The minimum absolute atomic E-state index is 0.337. The monoisotopic (exact) mass is 560 g/mol. The normalized spacial score (nSPS) is 14.9. The zero-order valence-corrected chi connectivity index (χ0v) is 23.5. The number of halogens is 1. The molecule has 2 aromatic carbocycles. The lowest BCUT2D eigenvalue weighted by Crippen LogP contribution is -2.28. The van der Waals surface area contributed by atoms with Crippen LogP contribution in [0, 0.1) is 12.7 Å². The number of aryl methyl sites for hydroxylation is 1. The molecule has 5 heterocycles. The molecular formula is C33H33FN8. The molecule has 0 radical (unpaired) electrons. The van der Waals surface area contributed by atoms with Crippen LogP contribution in [-0.4, -0.2) is 43.1 Å². The molecule has 1 saturated heterocycles. The van der Waals surface area contributed by atoms with Gasteiger partial charge < -0.3 is 20.5 Å². The number of hydrogen-bond donors (Lipinski definition) is 4. The van der Waals surface area contributed by atoms with Gasteiger partial charge in [0.2, 0.25) is 0 Å². The molecule has 42 heavy (non-hydrogen) atoms. The first-order valence-corrected chi connectivity index (χ1v) is 14.5. The van der Waals surface area contributed by atoms with Gasteiger partial charge in [0.15, 0.2) is 11.6 Å². The van der Waals surface area contributed by atoms with Crippen LogP contribution in [0.15, 0.2) is 73.2 Å². The van der Waals surface area contributed by atoms with Crippen LogP contribution >= 0.6 is 0 Å². The van der Waals surface area contributed by atoms with E-state index in [9.17, 15) is 0 Å². The number of benzene rings is 2. The Kier molecular flexibility index (Phi) is 7.01. The molecule has 0 atom stereocenters. The molecular weight excluding hydrogens is 527 g/mol. The van der Waals surface area contributed by atoms with Gasteiger partial charge >= 0.3 is 0 Å². The SMILES string of the molecule is Cc1cc2[nH]nc(-c3nc4c([nH]3)C(N3CCCCC3)=CC=CN4)c2c(F)c1-c1cncc(CNCc2ccccc2)c1. The van der Waals surface area contributed by atoms with Crippen LogP contribution in [0.1, 0.15) is 41.6 Å². The molecule has 2 aliphatic rings. The van der Waals surface area contributed by atoms with Crippen molar-refractivity contribution < 1.29 is 4.39 Å². The number of imidazole rings is 1. The average Bonchev–Trinajstić information content (AvgIpc) is 3.57. The summed E-state index contributed by atoms with van der Waals surface area (Å²) in [6, 6.07) is 14.2. The number of rotatable bonds is 7. The molecule has 4 N–H and O–H groups in total. The Morgan fingerprint density at radius 3 is 2.69 bits per heavy atom. The van der Waals surface area contributed by atoms with Crippen LogP contribution < -0.4 is 10.6 Å². The second kappa shape index (κ2) is 11.3. The number of anilines is 1. The number of likely N-dealkylation sites (tertiary alicyclic amines) is 1. The first-order chi connectivity index (χ1) is 20.7. The lowest BCUT2D eigenvalue weighted by Gasteiger charge is -2.30. The molecule has 1 fully saturated rings. The minimum atomic E-state index is -0.337. The van der Waals surface area contributed by atoms with E-state index in [2.05, 4.69) is 53.9 Å². The number of H-pyrrole nitrogens is 2. The van der Waals surface area contributed by atoms with Gasteiger partial charge in [-0.1, -0.05) is 30.3 Å². The molecule has 0 amide bonds. The van der Waals surface area contributed by atoms with Crippen molar-refractivity contribution in [2.45, 2.75) is 39.3 Å². The van der Waals surface area contributed by atoms with Gasteiger partial charge in [-0.05, 0) is 67.2 Å². The topological polar surface area (TPSA) is 97.5 Å². The summed E-state index contributed by atoms with van der Waals surface area (Å²) < 4.78 is 16.5. The zero-order valence-electron chi connectivity index (χ0n) is 23.5. The summed E-state index contributed by atoms with van der Waals surface area (Å²) in [6.45, 7) is 5.30. The van der Waals surface area contributed by atoms with Crippen LogP contribution in [0.25, 0.3) is 39.2 Å². The second-order valence-corrected chi connectivity index (χ2v) is 11.0. The number of piperidine rings is 1. The highest BCUT2D eigenvalue weighted by Gasteiger charge is 2.25. The molecule has 0 bridgehead atoms. The number of aromatic amines is 2. The van der Waals surface area contributed by atoms with Gasteiger partial charge in [0, 0.05) is 55.9 Å². The van der Waals surface area contributed by atoms with E-state index in [4.69, 9.17) is 4.98 Å². The predicted octanol–water partition coefficient (Wildman–Crippen LogP) is 6.52.